The number of carbonyl (C=O) groups is 2. The second-order valence-corrected chi connectivity index (χ2v) is 6.64. The molecule has 1 amide bonds. The monoisotopic (exact) mass is 430 g/mol. The number of amides is 1. The molecule has 1 N–H and O–H groups in total. The first-order chi connectivity index (χ1) is 12.9. The van der Waals surface area contributed by atoms with Crippen LogP contribution in [0.2, 0.25) is 15.1 Å². The average Bonchev–Trinajstić information content (AvgIpc) is 2.66. The fraction of sp³-hybridized carbons (Fsp3) is 0.235. The second-order valence-electron chi connectivity index (χ2n) is 5.48. The highest BCUT2D eigenvalue weighted by molar-refractivity contribution is 6.48. The number of benzene rings is 1. The molecule has 0 saturated heterocycles. The van der Waals surface area contributed by atoms with Gasteiger partial charge in [0.05, 0.1) is 15.1 Å². The summed E-state index contributed by atoms with van der Waals surface area (Å²) in [7, 11) is 0. The van der Waals surface area contributed by atoms with Gasteiger partial charge in [0.15, 0.2) is 23.3 Å². The van der Waals surface area contributed by atoms with Crippen LogP contribution in [0.1, 0.15) is 17.4 Å². The molecule has 142 valence electrons. The van der Waals surface area contributed by atoms with Crippen LogP contribution < -0.4 is 14.8 Å². The lowest BCUT2D eigenvalue weighted by molar-refractivity contribution is -0.123. The molecule has 27 heavy (non-hydrogen) atoms. The van der Waals surface area contributed by atoms with Crippen molar-refractivity contribution in [2.24, 2.45) is 0 Å². The van der Waals surface area contributed by atoms with Crippen molar-refractivity contribution < 1.29 is 23.8 Å². The number of aromatic nitrogens is 1. The van der Waals surface area contributed by atoms with Crippen LogP contribution in [-0.4, -0.2) is 36.2 Å². The minimum absolute atomic E-state index is 0.0198. The maximum atomic E-state index is 12.3. The molecule has 0 radical (unpaired) electrons. The summed E-state index contributed by atoms with van der Waals surface area (Å²) >= 11 is 17.6. The molecule has 0 aliphatic carbocycles. The third kappa shape index (κ3) is 4.37. The van der Waals surface area contributed by atoms with E-state index in [0.29, 0.717) is 30.4 Å². The van der Waals surface area contributed by atoms with Crippen molar-refractivity contribution in [1.82, 2.24) is 4.98 Å². The van der Waals surface area contributed by atoms with E-state index >= 15 is 0 Å². The zero-order valence-corrected chi connectivity index (χ0v) is 16.2. The van der Waals surface area contributed by atoms with E-state index < -0.39 is 18.0 Å². The Morgan fingerprint density at radius 3 is 2.59 bits per heavy atom. The van der Waals surface area contributed by atoms with E-state index in [2.05, 4.69) is 10.3 Å². The number of esters is 1. The molecule has 0 saturated carbocycles. The van der Waals surface area contributed by atoms with Crippen LogP contribution in [0.15, 0.2) is 24.4 Å². The van der Waals surface area contributed by atoms with Crippen molar-refractivity contribution in [2.75, 3.05) is 18.5 Å². The number of ether oxygens (including phenoxy) is 3. The van der Waals surface area contributed by atoms with Gasteiger partial charge in [0.1, 0.15) is 13.2 Å². The molecule has 2 heterocycles. The first-order valence-corrected chi connectivity index (χ1v) is 8.91. The standard InChI is InChI=1S/C17H13Cl3N2O5/c1-8(27-17(24)15-14(20)13(19)10(18)7-21-15)16(23)22-9-2-3-11-12(6-9)26-5-4-25-11/h2-3,6-8H,4-5H2,1H3,(H,22,23)/t8-/m1/s1. The van der Waals surface area contributed by atoms with E-state index in [9.17, 15) is 9.59 Å². The molecule has 0 spiro atoms. The number of anilines is 1. The van der Waals surface area contributed by atoms with Gasteiger partial charge in [0, 0.05) is 18.0 Å². The molecule has 1 aromatic carbocycles. The number of nitrogens with one attached hydrogen (secondary N) is 1. The summed E-state index contributed by atoms with van der Waals surface area (Å²) in [5.41, 5.74) is 0.239. The quantitative estimate of drug-likeness (QED) is 0.737. The highest BCUT2D eigenvalue weighted by Gasteiger charge is 2.24. The Morgan fingerprint density at radius 2 is 1.85 bits per heavy atom. The summed E-state index contributed by atoms with van der Waals surface area (Å²) in [4.78, 5) is 28.3. The van der Waals surface area contributed by atoms with Crippen LogP contribution in [-0.2, 0) is 9.53 Å². The van der Waals surface area contributed by atoms with Gasteiger partial charge in [-0.05, 0) is 19.1 Å². The molecule has 1 aliphatic rings. The van der Waals surface area contributed by atoms with E-state index in [-0.39, 0.29) is 20.8 Å². The summed E-state index contributed by atoms with van der Waals surface area (Å²) in [5.74, 6) is -0.325. The van der Waals surface area contributed by atoms with E-state index in [1.807, 2.05) is 0 Å². The van der Waals surface area contributed by atoms with Crippen molar-refractivity contribution in [2.45, 2.75) is 13.0 Å². The lowest BCUT2D eigenvalue weighted by atomic mass is 10.2. The van der Waals surface area contributed by atoms with Gasteiger partial charge in [-0.25, -0.2) is 9.78 Å². The zero-order valence-electron chi connectivity index (χ0n) is 13.9. The van der Waals surface area contributed by atoms with Crippen LogP contribution in [0.4, 0.5) is 5.69 Å². The summed E-state index contributed by atoms with van der Waals surface area (Å²) in [5, 5.41) is 2.57. The number of halogens is 3. The van der Waals surface area contributed by atoms with Crippen LogP contribution in [0.5, 0.6) is 11.5 Å². The minimum Gasteiger partial charge on any atom is -0.486 e. The minimum atomic E-state index is -1.11. The lowest BCUT2D eigenvalue weighted by Crippen LogP contribution is -2.30. The van der Waals surface area contributed by atoms with Crippen LogP contribution in [0, 0.1) is 0 Å². The Hall–Kier alpha value is -2.22. The Kier molecular flexibility index (Phi) is 5.94. The second kappa shape index (κ2) is 8.21. The van der Waals surface area contributed by atoms with Crippen LogP contribution in [0.25, 0.3) is 0 Å². The number of rotatable bonds is 4. The third-order valence-corrected chi connectivity index (χ3v) is 4.81. The fourth-order valence-corrected chi connectivity index (χ4v) is 2.78. The largest absolute Gasteiger partial charge is 0.486 e. The maximum Gasteiger partial charge on any atom is 0.359 e. The summed E-state index contributed by atoms with van der Waals surface area (Å²) in [6, 6.07) is 4.95. The normalized spacial score (nSPS) is 13.6. The highest BCUT2D eigenvalue weighted by Crippen LogP contribution is 2.33. The third-order valence-electron chi connectivity index (χ3n) is 3.57. The van der Waals surface area contributed by atoms with Crippen molar-refractivity contribution in [3.05, 3.63) is 45.2 Å². The number of hydrogen-bond acceptors (Lipinski definition) is 6. The molecule has 2 aromatic rings. The molecule has 7 nitrogen and oxygen atoms in total. The molecule has 1 aliphatic heterocycles. The number of pyridine rings is 1. The number of nitrogens with zero attached hydrogens (tertiary/aromatic N) is 1. The van der Waals surface area contributed by atoms with E-state index in [1.165, 1.54) is 13.1 Å². The average molecular weight is 432 g/mol. The molecule has 1 aromatic heterocycles. The number of carbonyl (C=O) groups excluding carboxylic acids is 2. The van der Waals surface area contributed by atoms with E-state index in [1.54, 1.807) is 18.2 Å². The fourth-order valence-electron chi connectivity index (χ4n) is 2.22. The summed E-state index contributed by atoms with van der Waals surface area (Å²) in [6.07, 6.45) is 0.0600. The topological polar surface area (TPSA) is 86.8 Å². The molecular weight excluding hydrogens is 419 g/mol. The van der Waals surface area contributed by atoms with Crippen molar-refractivity contribution in [1.29, 1.82) is 0 Å². The van der Waals surface area contributed by atoms with Gasteiger partial charge < -0.3 is 19.5 Å². The van der Waals surface area contributed by atoms with Gasteiger partial charge in [0.2, 0.25) is 0 Å². The SMILES string of the molecule is C[C@@H](OC(=O)c1ncc(Cl)c(Cl)c1Cl)C(=O)Nc1ccc2c(c1)OCCO2. The number of fused-ring (bicyclic) bond motifs is 1. The van der Waals surface area contributed by atoms with Crippen molar-refractivity contribution in [3.8, 4) is 11.5 Å². The first-order valence-electron chi connectivity index (χ1n) is 7.78. The molecule has 1 atom stereocenters. The van der Waals surface area contributed by atoms with E-state index in [4.69, 9.17) is 49.0 Å². The maximum absolute atomic E-state index is 12.3. The van der Waals surface area contributed by atoms with Gasteiger partial charge in [-0.15, -0.1) is 0 Å². The van der Waals surface area contributed by atoms with Gasteiger partial charge in [-0.1, -0.05) is 34.8 Å². The molecule has 0 bridgehead atoms. The Morgan fingerprint density at radius 1 is 1.15 bits per heavy atom. The zero-order chi connectivity index (χ0) is 19.6. The van der Waals surface area contributed by atoms with E-state index in [0.717, 1.165) is 0 Å². The Bertz CT molecular complexity index is 906. The van der Waals surface area contributed by atoms with Gasteiger partial charge in [-0.3, -0.25) is 4.79 Å². The van der Waals surface area contributed by atoms with Crippen LogP contribution >= 0.6 is 34.8 Å². The van der Waals surface area contributed by atoms with Gasteiger partial charge in [-0.2, -0.15) is 0 Å². The van der Waals surface area contributed by atoms with Gasteiger partial charge >= 0.3 is 5.97 Å². The Balaban J connectivity index is 1.65. The predicted octanol–water partition coefficient (Wildman–Crippen LogP) is 4.00. The molecule has 3 rings (SSSR count). The Labute approximate surface area is 169 Å². The number of hydrogen-bond donors (Lipinski definition) is 1. The summed E-state index contributed by atoms with van der Waals surface area (Å²) in [6.45, 7) is 2.31. The molecular formula is C17H13Cl3N2O5. The highest BCUT2D eigenvalue weighted by atomic mass is 35.5. The molecule has 0 unspecified atom stereocenters. The molecule has 0 fully saturated rings. The van der Waals surface area contributed by atoms with Crippen molar-refractivity contribution >= 4 is 52.4 Å². The van der Waals surface area contributed by atoms with Gasteiger partial charge in [0.25, 0.3) is 5.91 Å². The smallest absolute Gasteiger partial charge is 0.359 e. The molecule has 10 heteroatoms. The predicted molar refractivity (Wildman–Crippen MR) is 100 cm³/mol. The summed E-state index contributed by atoms with van der Waals surface area (Å²) < 4.78 is 16.0. The lowest BCUT2D eigenvalue weighted by Gasteiger charge is -2.19. The van der Waals surface area contributed by atoms with Crippen molar-refractivity contribution in [3.63, 3.8) is 0 Å². The van der Waals surface area contributed by atoms with Crippen LogP contribution in [0.3, 0.4) is 0 Å². The first kappa shape index (κ1) is 19.5.